The van der Waals surface area contributed by atoms with Gasteiger partial charge < -0.3 is 5.73 Å². The number of benzene rings is 2. The Balaban J connectivity index is 1.85. The van der Waals surface area contributed by atoms with Crippen LogP contribution >= 0.6 is 11.6 Å². The first-order chi connectivity index (χ1) is 10.0. The normalized spacial score (nSPS) is 15.7. The molecule has 0 aliphatic heterocycles. The average molecular weight is 304 g/mol. The van der Waals surface area contributed by atoms with E-state index < -0.39 is 11.2 Å². The van der Waals surface area contributed by atoms with Crippen molar-refractivity contribution in [2.75, 3.05) is 5.73 Å². The number of Topliss-reactive ketones (excluding diaryl/α,β-unsaturated/α-hetero) is 1. The monoisotopic (exact) mass is 303 g/mol. The Morgan fingerprint density at radius 1 is 1.19 bits per heavy atom. The van der Waals surface area contributed by atoms with Gasteiger partial charge in [0.25, 0.3) is 0 Å². The molecule has 2 nitrogen and oxygen atoms in total. The molecule has 1 aliphatic carbocycles. The minimum absolute atomic E-state index is 0.0356. The van der Waals surface area contributed by atoms with Crippen LogP contribution in [0.25, 0.3) is 0 Å². The second-order valence-electron chi connectivity index (χ2n) is 5.52. The molecule has 0 atom stereocenters. The number of carbonyl (C=O) groups excluding carboxylic acids is 1. The van der Waals surface area contributed by atoms with Crippen molar-refractivity contribution in [2.24, 2.45) is 0 Å². The third-order valence-electron chi connectivity index (χ3n) is 4.13. The van der Waals surface area contributed by atoms with Gasteiger partial charge in [0.05, 0.1) is 10.4 Å². The quantitative estimate of drug-likeness (QED) is 0.870. The Bertz CT molecular complexity index is 692. The summed E-state index contributed by atoms with van der Waals surface area (Å²) in [6, 6.07) is 12.1. The van der Waals surface area contributed by atoms with E-state index in [4.69, 9.17) is 17.3 Å². The Kier molecular flexibility index (Phi) is 3.46. The molecule has 0 spiro atoms. The van der Waals surface area contributed by atoms with Crippen LogP contribution in [-0.4, -0.2) is 5.78 Å². The van der Waals surface area contributed by atoms with Crippen molar-refractivity contribution in [3.8, 4) is 0 Å². The van der Waals surface area contributed by atoms with Crippen LogP contribution in [0.1, 0.15) is 24.0 Å². The van der Waals surface area contributed by atoms with Crippen molar-refractivity contribution in [3.63, 3.8) is 0 Å². The molecule has 1 aliphatic rings. The highest BCUT2D eigenvalue weighted by Gasteiger charge is 2.50. The molecular formula is C17H15ClFNO. The molecule has 0 heterocycles. The Morgan fingerprint density at radius 2 is 1.86 bits per heavy atom. The number of ketones is 1. The maximum absolute atomic E-state index is 13.9. The summed E-state index contributed by atoms with van der Waals surface area (Å²) in [6.45, 7) is 0. The summed E-state index contributed by atoms with van der Waals surface area (Å²) in [7, 11) is 0. The molecule has 1 fully saturated rings. The minimum atomic E-state index is -0.499. The molecular weight excluding hydrogens is 289 g/mol. The van der Waals surface area contributed by atoms with Gasteiger partial charge in [-0.1, -0.05) is 35.9 Å². The van der Waals surface area contributed by atoms with Crippen molar-refractivity contribution in [1.29, 1.82) is 0 Å². The number of halogens is 2. The highest BCUT2D eigenvalue weighted by atomic mass is 35.5. The fraction of sp³-hybridized carbons (Fsp3) is 0.235. The van der Waals surface area contributed by atoms with E-state index in [0.29, 0.717) is 11.3 Å². The second-order valence-corrected chi connectivity index (χ2v) is 5.92. The van der Waals surface area contributed by atoms with Gasteiger partial charge in [0.15, 0.2) is 0 Å². The van der Waals surface area contributed by atoms with Gasteiger partial charge >= 0.3 is 0 Å². The smallest absolute Gasteiger partial charge is 0.147 e. The zero-order chi connectivity index (χ0) is 15.0. The molecule has 0 radical (unpaired) electrons. The fourth-order valence-electron chi connectivity index (χ4n) is 2.68. The van der Waals surface area contributed by atoms with Crippen LogP contribution in [0.5, 0.6) is 0 Å². The first-order valence-electron chi connectivity index (χ1n) is 6.85. The predicted molar refractivity (Wildman–Crippen MR) is 81.9 cm³/mol. The molecule has 0 bridgehead atoms. The van der Waals surface area contributed by atoms with Gasteiger partial charge in [-0.3, -0.25) is 4.79 Å². The Morgan fingerprint density at radius 3 is 2.48 bits per heavy atom. The molecule has 4 heteroatoms. The summed E-state index contributed by atoms with van der Waals surface area (Å²) in [5.41, 5.74) is 7.19. The van der Waals surface area contributed by atoms with Crippen molar-refractivity contribution >= 4 is 23.1 Å². The largest absolute Gasteiger partial charge is 0.399 e. The summed E-state index contributed by atoms with van der Waals surface area (Å²) in [4.78, 5) is 12.6. The van der Waals surface area contributed by atoms with Crippen LogP contribution in [0.2, 0.25) is 5.02 Å². The van der Waals surface area contributed by atoms with E-state index in [1.165, 1.54) is 6.07 Å². The van der Waals surface area contributed by atoms with Gasteiger partial charge in [-0.25, -0.2) is 4.39 Å². The highest BCUT2D eigenvalue weighted by Crippen LogP contribution is 2.49. The predicted octanol–water partition coefficient (Wildman–Crippen LogP) is 3.90. The molecule has 2 aromatic rings. The van der Waals surface area contributed by atoms with E-state index in [9.17, 15) is 9.18 Å². The lowest BCUT2D eigenvalue weighted by atomic mass is 9.88. The number of carbonyl (C=O) groups is 1. The topological polar surface area (TPSA) is 43.1 Å². The van der Waals surface area contributed by atoms with Crippen LogP contribution < -0.4 is 5.73 Å². The minimum Gasteiger partial charge on any atom is -0.399 e. The van der Waals surface area contributed by atoms with E-state index in [1.807, 2.05) is 12.1 Å². The summed E-state index contributed by atoms with van der Waals surface area (Å²) in [5.74, 6) is -0.464. The molecule has 21 heavy (non-hydrogen) atoms. The van der Waals surface area contributed by atoms with Gasteiger partial charge in [-0.2, -0.15) is 0 Å². The second kappa shape index (κ2) is 5.15. The molecule has 0 unspecified atom stereocenters. The van der Waals surface area contributed by atoms with E-state index in [-0.39, 0.29) is 17.2 Å². The Hall–Kier alpha value is -1.87. The van der Waals surface area contributed by atoms with Crippen LogP contribution in [0.4, 0.5) is 10.1 Å². The highest BCUT2D eigenvalue weighted by molar-refractivity contribution is 6.30. The van der Waals surface area contributed by atoms with Crippen LogP contribution in [0.15, 0.2) is 42.5 Å². The van der Waals surface area contributed by atoms with Crippen LogP contribution in [-0.2, 0) is 16.6 Å². The Labute approximate surface area is 127 Å². The zero-order valence-electron chi connectivity index (χ0n) is 11.4. The molecule has 0 aromatic heterocycles. The third kappa shape index (κ3) is 2.54. The number of nitrogen functional groups attached to an aromatic ring is 1. The van der Waals surface area contributed by atoms with Gasteiger partial charge in [0.2, 0.25) is 0 Å². The van der Waals surface area contributed by atoms with Crippen molar-refractivity contribution in [1.82, 2.24) is 0 Å². The molecule has 3 rings (SSSR count). The SMILES string of the molecule is Nc1ccc(C2(C(=O)Cc3cccc(Cl)c3F)CC2)cc1. The fourth-order valence-corrected chi connectivity index (χ4v) is 2.88. The summed E-state index contributed by atoms with van der Waals surface area (Å²) >= 11 is 5.76. The van der Waals surface area contributed by atoms with Gasteiger partial charge in [0.1, 0.15) is 11.6 Å². The first-order valence-corrected chi connectivity index (χ1v) is 7.23. The number of anilines is 1. The molecule has 108 valence electrons. The standard InChI is InChI=1S/C17H15ClFNO/c18-14-3-1-2-11(16(14)19)10-15(21)17(8-9-17)12-4-6-13(20)7-5-12/h1-7H,8-10,20H2. The molecule has 2 N–H and O–H groups in total. The van der Waals surface area contributed by atoms with Crippen molar-refractivity contribution < 1.29 is 9.18 Å². The molecule has 1 saturated carbocycles. The first kappa shape index (κ1) is 14.1. The van der Waals surface area contributed by atoms with E-state index >= 15 is 0 Å². The molecule has 0 amide bonds. The molecule has 0 saturated heterocycles. The molecule has 2 aromatic carbocycles. The summed E-state index contributed by atoms with van der Waals surface area (Å²) in [6.07, 6.45) is 1.67. The lowest BCUT2D eigenvalue weighted by Gasteiger charge is -2.15. The van der Waals surface area contributed by atoms with Crippen LogP contribution in [0, 0.1) is 5.82 Å². The van der Waals surface area contributed by atoms with Gasteiger partial charge in [-0.05, 0) is 42.2 Å². The van der Waals surface area contributed by atoms with Crippen molar-refractivity contribution in [3.05, 3.63) is 64.4 Å². The third-order valence-corrected chi connectivity index (χ3v) is 4.42. The van der Waals surface area contributed by atoms with E-state index in [1.54, 1.807) is 24.3 Å². The van der Waals surface area contributed by atoms with Crippen LogP contribution in [0.3, 0.4) is 0 Å². The number of hydrogen-bond donors (Lipinski definition) is 1. The summed E-state index contributed by atoms with van der Waals surface area (Å²) < 4.78 is 13.9. The lowest BCUT2D eigenvalue weighted by molar-refractivity contribution is -0.120. The maximum atomic E-state index is 13.9. The van der Waals surface area contributed by atoms with E-state index in [0.717, 1.165) is 18.4 Å². The summed E-state index contributed by atoms with van der Waals surface area (Å²) in [5, 5.41) is 0.0534. The van der Waals surface area contributed by atoms with E-state index in [2.05, 4.69) is 0 Å². The average Bonchev–Trinajstić information content (AvgIpc) is 3.26. The number of rotatable bonds is 4. The number of nitrogens with two attached hydrogens (primary N) is 1. The van der Waals surface area contributed by atoms with Gasteiger partial charge in [0, 0.05) is 12.1 Å². The zero-order valence-corrected chi connectivity index (χ0v) is 12.2. The van der Waals surface area contributed by atoms with Crippen molar-refractivity contribution in [2.45, 2.75) is 24.7 Å². The van der Waals surface area contributed by atoms with Gasteiger partial charge in [-0.15, -0.1) is 0 Å². The maximum Gasteiger partial charge on any atom is 0.147 e. The lowest BCUT2D eigenvalue weighted by Crippen LogP contribution is -2.23. The number of hydrogen-bond acceptors (Lipinski definition) is 2.